The Balaban J connectivity index is 1.54. The molecule has 7 nitrogen and oxygen atoms in total. The van der Waals surface area contributed by atoms with Crippen LogP contribution in [0.25, 0.3) is 5.78 Å². The van der Waals surface area contributed by atoms with E-state index in [4.69, 9.17) is 0 Å². The summed E-state index contributed by atoms with van der Waals surface area (Å²) >= 11 is 0. The van der Waals surface area contributed by atoms with Crippen molar-refractivity contribution < 1.29 is 4.79 Å². The van der Waals surface area contributed by atoms with E-state index in [2.05, 4.69) is 25.4 Å². The first-order valence-corrected chi connectivity index (χ1v) is 7.97. The molecule has 124 valence electrons. The zero-order chi connectivity index (χ0) is 16.9. The third-order valence-corrected chi connectivity index (χ3v) is 4.02. The molecule has 0 fully saturated rings. The lowest BCUT2D eigenvalue weighted by Gasteiger charge is -2.10. The van der Waals surface area contributed by atoms with E-state index in [0.29, 0.717) is 25.2 Å². The summed E-state index contributed by atoms with van der Waals surface area (Å²) in [5.74, 6) is 0.622. The maximum atomic E-state index is 12.1. The summed E-state index contributed by atoms with van der Waals surface area (Å²) in [6, 6.07) is 5.79. The molecule has 0 unspecified atom stereocenters. The lowest BCUT2D eigenvalue weighted by atomic mass is 10.1. The number of hydrogen-bond acceptors (Lipinski definition) is 5. The first kappa shape index (κ1) is 16.0. The van der Waals surface area contributed by atoms with Crippen molar-refractivity contribution in [1.29, 1.82) is 0 Å². The molecular weight excluding hydrogens is 304 g/mol. The van der Waals surface area contributed by atoms with Crippen LogP contribution in [0.15, 0.2) is 30.7 Å². The van der Waals surface area contributed by atoms with Crippen LogP contribution in [-0.4, -0.2) is 37.0 Å². The van der Waals surface area contributed by atoms with Crippen LogP contribution in [0, 0.1) is 13.8 Å². The highest BCUT2D eigenvalue weighted by atomic mass is 16.1. The number of hydrogen-bond donors (Lipinski definition) is 1. The number of carbonyl (C=O) groups is 1. The van der Waals surface area contributed by atoms with Crippen LogP contribution in [0.3, 0.4) is 0 Å². The van der Waals surface area contributed by atoms with Crippen LogP contribution in [0.1, 0.15) is 29.1 Å². The van der Waals surface area contributed by atoms with Gasteiger partial charge in [0, 0.05) is 42.7 Å². The van der Waals surface area contributed by atoms with Crippen LogP contribution in [0.5, 0.6) is 0 Å². The van der Waals surface area contributed by atoms with Gasteiger partial charge in [-0.3, -0.25) is 9.78 Å². The third kappa shape index (κ3) is 3.56. The molecule has 0 atom stereocenters. The van der Waals surface area contributed by atoms with E-state index in [1.807, 2.05) is 32.0 Å². The van der Waals surface area contributed by atoms with E-state index >= 15 is 0 Å². The van der Waals surface area contributed by atoms with Gasteiger partial charge in [0.2, 0.25) is 5.91 Å². The average Bonchev–Trinajstić information content (AvgIpc) is 3.04. The minimum Gasteiger partial charge on any atom is -0.356 e. The molecule has 24 heavy (non-hydrogen) atoms. The zero-order valence-corrected chi connectivity index (χ0v) is 13.9. The average molecular weight is 324 g/mol. The normalized spacial score (nSPS) is 10.9. The maximum Gasteiger partial charge on any atom is 0.252 e. The molecule has 3 rings (SSSR count). The van der Waals surface area contributed by atoms with Crippen molar-refractivity contribution in [3.8, 4) is 0 Å². The summed E-state index contributed by atoms with van der Waals surface area (Å²) in [6.07, 6.45) is 5.04. The molecule has 1 N–H and O–H groups in total. The number of carbonyl (C=O) groups excluding carboxylic acids is 1. The number of fused-ring (bicyclic) bond motifs is 1. The van der Waals surface area contributed by atoms with Crippen molar-refractivity contribution in [1.82, 2.24) is 29.9 Å². The molecule has 0 radical (unpaired) electrons. The summed E-state index contributed by atoms with van der Waals surface area (Å²) in [5, 5.41) is 7.10. The molecule has 0 saturated heterocycles. The molecule has 3 aromatic rings. The number of nitrogens with zero attached hydrogens (tertiary/aromatic N) is 5. The fraction of sp³-hybridized carbons (Fsp3) is 0.353. The van der Waals surface area contributed by atoms with Gasteiger partial charge in [-0.1, -0.05) is 6.07 Å². The zero-order valence-electron chi connectivity index (χ0n) is 13.9. The summed E-state index contributed by atoms with van der Waals surface area (Å²) in [5.41, 5.74) is 3.91. The number of nitrogens with one attached hydrogen (secondary N) is 1. The van der Waals surface area contributed by atoms with Gasteiger partial charge in [0.1, 0.15) is 6.33 Å². The molecule has 0 aromatic carbocycles. The summed E-state index contributed by atoms with van der Waals surface area (Å²) in [6.45, 7) is 4.51. The highest BCUT2D eigenvalue weighted by molar-refractivity contribution is 5.76. The van der Waals surface area contributed by atoms with Gasteiger partial charge in [0.15, 0.2) is 0 Å². The third-order valence-electron chi connectivity index (χ3n) is 4.02. The molecular formula is C17H20N6O. The Morgan fingerprint density at radius 1 is 1.21 bits per heavy atom. The molecule has 0 spiro atoms. The van der Waals surface area contributed by atoms with Crippen LogP contribution in [0.4, 0.5) is 0 Å². The number of aromatic nitrogens is 5. The minimum atomic E-state index is 0.0309. The van der Waals surface area contributed by atoms with E-state index in [0.717, 1.165) is 29.1 Å². The highest BCUT2D eigenvalue weighted by Gasteiger charge is 2.12. The highest BCUT2D eigenvalue weighted by Crippen LogP contribution is 2.14. The van der Waals surface area contributed by atoms with Gasteiger partial charge in [-0.25, -0.2) is 9.50 Å². The van der Waals surface area contributed by atoms with Gasteiger partial charge in [0.05, 0.1) is 0 Å². The molecule has 0 aliphatic rings. The topological polar surface area (TPSA) is 85.1 Å². The Kier molecular flexibility index (Phi) is 4.79. The first-order valence-electron chi connectivity index (χ1n) is 7.97. The molecule has 0 bridgehead atoms. The molecule has 3 aromatic heterocycles. The molecule has 0 aliphatic carbocycles. The monoisotopic (exact) mass is 324 g/mol. The fourth-order valence-corrected chi connectivity index (χ4v) is 2.72. The van der Waals surface area contributed by atoms with E-state index in [-0.39, 0.29) is 5.91 Å². The first-order chi connectivity index (χ1) is 11.6. The Morgan fingerprint density at radius 2 is 2.08 bits per heavy atom. The SMILES string of the molecule is Cc1nc2ncnn2c(C)c1CCC(=O)NCCc1ccccn1. The number of rotatable bonds is 6. The van der Waals surface area contributed by atoms with Crippen molar-refractivity contribution in [3.63, 3.8) is 0 Å². The number of pyridine rings is 1. The van der Waals surface area contributed by atoms with E-state index < -0.39 is 0 Å². The molecule has 0 aliphatic heterocycles. The second kappa shape index (κ2) is 7.16. The fourth-order valence-electron chi connectivity index (χ4n) is 2.72. The van der Waals surface area contributed by atoms with Gasteiger partial charge in [-0.2, -0.15) is 10.1 Å². The van der Waals surface area contributed by atoms with Gasteiger partial charge >= 0.3 is 0 Å². The van der Waals surface area contributed by atoms with Gasteiger partial charge in [-0.15, -0.1) is 0 Å². The second-order valence-corrected chi connectivity index (χ2v) is 5.65. The molecule has 1 amide bonds. The van der Waals surface area contributed by atoms with Gasteiger partial charge in [0.25, 0.3) is 5.78 Å². The lowest BCUT2D eigenvalue weighted by molar-refractivity contribution is -0.121. The summed E-state index contributed by atoms with van der Waals surface area (Å²) in [4.78, 5) is 24.8. The molecule has 7 heteroatoms. The van der Waals surface area contributed by atoms with E-state index in [1.165, 1.54) is 6.33 Å². The van der Waals surface area contributed by atoms with Crippen molar-refractivity contribution in [2.45, 2.75) is 33.1 Å². The minimum absolute atomic E-state index is 0.0309. The standard InChI is InChI=1S/C17H20N6O/c1-12-15(13(2)23-17(22-12)20-11-21-23)6-7-16(24)19-10-8-14-5-3-4-9-18-14/h3-5,9,11H,6-8,10H2,1-2H3,(H,19,24). The largest absolute Gasteiger partial charge is 0.356 e. The van der Waals surface area contributed by atoms with Crippen molar-refractivity contribution in [2.75, 3.05) is 6.54 Å². The van der Waals surface area contributed by atoms with Crippen LogP contribution < -0.4 is 5.32 Å². The lowest BCUT2D eigenvalue weighted by Crippen LogP contribution is -2.26. The quantitative estimate of drug-likeness (QED) is 0.741. The van der Waals surface area contributed by atoms with E-state index in [9.17, 15) is 4.79 Å². The molecule has 0 saturated carbocycles. The Hall–Kier alpha value is -2.83. The second-order valence-electron chi connectivity index (χ2n) is 5.65. The van der Waals surface area contributed by atoms with Crippen LogP contribution in [0.2, 0.25) is 0 Å². The Morgan fingerprint density at radius 3 is 2.88 bits per heavy atom. The summed E-state index contributed by atoms with van der Waals surface area (Å²) < 4.78 is 1.71. The van der Waals surface area contributed by atoms with Gasteiger partial charge < -0.3 is 5.32 Å². The van der Waals surface area contributed by atoms with Crippen molar-refractivity contribution in [2.24, 2.45) is 0 Å². The van der Waals surface area contributed by atoms with Crippen LogP contribution in [-0.2, 0) is 17.6 Å². The maximum absolute atomic E-state index is 12.1. The smallest absolute Gasteiger partial charge is 0.252 e. The predicted molar refractivity (Wildman–Crippen MR) is 89.5 cm³/mol. The number of amides is 1. The summed E-state index contributed by atoms with van der Waals surface area (Å²) in [7, 11) is 0. The van der Waals surface area contributed by atoms with Crippen molar-refractivity contribution >= 4 is 11.7 Å². The number of aryl methyl sites for hydroxylation is 2. The molecule has 3 heterocycles. The Bertz CT molecular complexity index is 843. The Labute approximate surface area is 140 Å². The van der Waals surface area contributed by atoms with Crippen molar-refractivity contribution in [3.05, 3.63) is 53.4 Å². The predicted octanol–water partition coefficient (Wildman–Crippen LogP) is 1.43. The van der Waals surface area contributed by atoms with Gasteiger partial charge in [-0.05, 0) is 38.0 Å². The van der Waals surface area contributed by atoms with Crippen LogP contribution >= 0.6 is 0 Å². The van der Waals surface area contributed by atoms with E-state index in [1.54, 1.807) is 10.7 Å².